The van der Waals surface area contributed by atoms with Gasteiger partial charge >= 0.3 is 5.97 Å². The molecule has 0 saturated carbocycles. The molecule has 0 bridgehead atoms. The quantitative estimate of drug-likeness (QED) is 0.514. The first kappa shape index (κ1) is 11.9. The lowest BCUT2D eigenvalue weighted by Gasteiger charge is -2.25. The summed E-state index contributed by atoms with van der Waals surface area (Å²) in [6, 6.07) is -0.701. The molecule has 0 spiro atoms. The molecule has 0 aromatic rings. The molecule has 0 radical (unpaired) electrons. The number of fused-ring (bicyclic) bond motifs is 1. The van der Waals surface area contributed by atoms with Gasteiger partial charge in [-0.05, 0) is 19.3 Å². The van der Waals surface area contributed by atoms with Crippen molar-refractivity contribution in [3.63, 3.8) is 0 Å². The standard InChI is InChI=1S/C10H16N2O3S/c1-15-9(13)8-10(14)16-7-4-2-3-6(11)5-12(7)8/h6-8H,2-5,11H2,1H3/t6-,7-,8+/m1/s1. The van der Waals surface area contributed by atoms with Gasteiger partial charge in [-0.2, -0.15) is 0 Å². The van der Waals surface area contributed by atoms with Gasteiger partial charge in [0.05, 0.1) is 12.5 Å². The minimum atomic E-state index is -0.746. The van der Waals surface area contributed by atoms with Gasteiger partial charge < -0.3 is 10.5 Å². The Labute approximate surface area is 98.7 Å². The lowest BCUT2D eigenvalue weighted by molar-refractivity contribution is -0.148. The molecule has 2 N–H and O–H groups in total. The molecule has 3 atom stereocenters. The molecule has 0 aliphatic carbocycles. The maximum Gasteiger partial charge on any atom is 0.331 e. The molecule has 0 aromatic carbocycles. The van der Waals surface area contributed by atoms with Gasteiger partial charge in [-0.1, -0.05) is 11.8 Å². The van der Waals surface area contributed by atoms with Gasteiger partial charge in [-0.3, -0.25) is 9.69 Å². The summed E-state index contributed by atoms with van der Waals surface area (Å²) in [4.78, 5) is 25.2. The number of esters is 1. The third-order valence-electron chi connectivity index (χ3n) is 3.07. The van der Waals surface area contributed by atoms with Crippen LogP contribution in [0.15, 0.2) is 0 Å². The number of carbonyl (C=O) groups excluding carboxylic acids is 2. The van der Waals surface area contributed by atoms with Gasteiger partial charge in [-0.15, -0.1) is 0 Å². The number of rotatable bonds is 1. The molecule has 2 rings (SSSR count). The Morgan fingerprint density at radius 2 is 2.31 bits per heavy atom. The first-order valence-electron chi connectivity index (χ1n) is 5.43. The highest BCUT2D eigenvalue weighted by Crippen LogP contribution is 2.36. The van der Waals surface area contributed by atoms with Crippen molar-refractivity contribution in [3.8, 4) is 0 Å². The minimum Gasteiger partial charge on any atom is -0.467 e. The van der Waals surface area contributed by atoms with Crippen molar-refractivity contribution in [3.05, 3.63) is 0 Å². The zero-order valence-electron chi connectivity index (χ0n) is 9.22. The summed E-state index contributed by atoms with van der Waals surface area (Å²) in [5, 5.41) is -0.00361. The van der Waals surface area contributed by atoms with E-state index in [1.165, 1.54) is 18.9 Å². The first-order chi connectivity index (χ1) is 7.63. The van der Waals surface area contributed by atoms with Crippen LogP contribution in [0.1, 0.15) is 19.3 Å². The number of thioether (sulfide) groups is 1. The van der Waals surface area contributed by atoms with Crippen molar-refractivity contribution >= 4 is 22.8 Å². The molecule has 0 aromatic heterocycles. The van der Waals surface area contributed by atoms with Crippen LogP contribution in [0.2, 0.25) is 0 Å². The van der Waals surface area contributed by atoms with E-state index < -0.39 is 12.0 Å². The summed E-state index contributed by atoms with van der Waals surface area (Å²) < 4.78 is 4.67. The smallest absolute Gasteiger partial charge is 0.331 e. The van der Waals surface area contributed by atoms with Gasteiger partial charge in [0.15, 0.2) is 6.04 Å². The van der Waals surface area contributed by atoms with E-state index in [4.69, 9.17) is 5.73 Å². The second kappa shape index (κ2) is 4.73. The fourth-order valence-electron chi connectivity index (χ4n) is 2.28. The van der Waals surface area contributed by atoms with Crippen molar-refractivity contribution in [1.29, 1.82) is 0 Å². The predicted molar refractivity (Wildman–Crippen MR) is 60.7 cm³/mol. The van der Waals surface area contributed by atoms with Gasteiger partial charge in [0.1, 0.15) is 0 Å². The van der Waals surface area contributed by atoms with E-state index in [1.54, 1.807) is 0 Å². The zero-order chi connectivity index (χ0) is 11.7. The molecule has 0 unspecified atom stereocenters. The van der Waals surface area contributed by atoms with Crippen LogP contribution in [-0.2, 0) is 14.3 Å². The Hall–Kier alpha value is -0.590. The second-order valence-electron chi connectivity index (χ2n) is 4.21. The molecule has 2 saturated heterocycles. The molecular weight excluding hydrogens is 228 g/mol. The maximum absolute atomic E-state index is 11.7. The monoisotopic (exact) mass is 244 g/mol. The lowest BCUT2D eigenvalue weighted by Crippen LogP contribution is -2.47. The van der Waals surface area contributed by atoms with Crippen LogP contribution in [0.3, 0.4) is 0 Å². The Morgan fingerprint density at radius 1 is 1.56 bits per heavy atom. The SMILES string of the molecule is COC(=O)[C@H]1C(=O)S[C@@H]2CCC[C@@H](N)CN12. The summed E-state index contributed by atoms with van der Waals surface area (Å²) in [6.45, 7) is 0.600. The molecule has 6 heteroatoms. The normalized spacial score (nSPS) is 35.6. The van der Waals surface area contributed by atoms with E-state index in [9.17, 15) is 9.59 Å². The Bertz CT molecular complexity index is 310. The highest BCUT2D eigenvalue weighted by atomic mass is 32.2. The molecule has 0 amide bonds. The number of hydrogen-bond donors (Lipinski definition) is 1. The topological polar surface area (TPSA) is 72.6 Å². The van der Waals surface area contributed by atoms with Crippen LogP contribution >= 0.6 is 11.8 Å². The molecule has 16 heavy (non-hydrogen) atoms. The Kier molecular flexibility index (Phi) is 3.51. The number of ether oxygens (including phenoxy) is 1. The van der Waals surface area contributed by atoms with Crippen molar-refractivity contribution < 1.29 is 14.3 Å². The first-order valence-corrected chi connectivity index (χ1v) is 6.31. The number of nitrogens with zero attached hydrogens (tertiary/aromatic N) is 1. The van der Waals surface area contributed by atoms with Crippen molar-refractivity contribution in [1.82, 2.24) is 4.90 Å². The fourth-order valence-corrected chi connectivity index (χ4v) is 3.53. The van der Waals surface area contributed by atoms with Crippen LogP contribution < -0.4 is 5.73 Å². The van der Waals surface area contributed by atoms with Crippen molar-refractivity contribution in [2.75, 3.05) is 13.7 Å². The second-order valence-corrected chi connectivity index (χ2v) is 5.39. The highest BCUT2D eigenvalue weighted by molar-refractivity contribution is 8.14. The molecule has 5 nitrogen and oxygen atoms in total. The van der Waals surface area contributed by atoms with E-state index in [0.717, 1.165) is 19.3 Å². The third-order valence-corrected chi connectivity index (χ3v) is 4.31. The summed E-state index contributed by atoms with van der Waals surface area (Å²) in [5.74, 6) is -0.464. The van der Waals surface area contributed by atoms with Crippen LogP contribution in [0.4, 0.5) is 0 Å². The molecule has 2 aliphatic rings. The van der Waals surface area contributed by atoms with E-state index in [-0.39, 0.29) is 16.5 Å². The summed E-state index contributed by atoms with van der Waals surface area (Å²) >= 11 is 1.25. The molecule has 2 aliphatic heterocycles. The average molecular weight is 244 g/mol. The largest absolute Gasteiger partial charge is 0.467 e. The average Bonchev–Trinajstić information content (AvgIpc) is 2.42. The van der Waals surface area contributed by atoms with E-state index >= 15 is 0 Å². The van der Waals surface area contributed by atoms with Crippen LogP contribution in [0, 0.1) is 0 Å². The summed E-state index contributed by atoms with van der Waals surface area (Å²) in [6.07, 6.45) is 2.88. The van der Waals surface area contributed by atoms with Crippen molar-refractivity contribution in [2.24, 2.45) is 5.73 Å². The predicted octanol–water partition coefficient (Wildman–Crippen LogP) is -0.0593. The van der Waals surface area contributed by atoms with Gasteiger partial charge in [0, 0.05) is 12.6 Å². The number of nitrogens with two attached hydrogens (primary N) is 1. The molecule has 2 heterocycles. The van der Waals surface area contributed by atoms with E-state index in [1.807, 2.05) is 4.90 Å². The van der Waals surface area contributed by atoms with Crippen LogP contribution in [0.25, 0.3) is 0 Å². The zero-order valence-corrected chi connectivity index (χ0v) is 10.0. The Morgan fingerprint density at radius 3 is 3.00 bits per heavy atom. The fraction of sp³-hybridized carbons (Fsp3) is 0.800. The minimum absolute atomic E-state index is 0.0451. The van der Waals surface area contributed by atoms with Crippen LogP contribution in [0.5, 0.6) is 0 Å². The molecule has 90 valence electrons. The number of methoxy groups -OCH3 is 1. The lowest BCUT2D eigenvalue weighted by atomic mass is 10.1. The number of carbonyl (C=O) groups is 2. The van der Waals surface area contributed by atoms with Gasteiger partial charge in [0.2, 0.25) is 5.12 Å². The van der Waals surface area contributed by atoms with Crippen LogP contribution in [-0.4, -0.2) is 47.1 Å². The summed E-state index contributed by atoms with van der Waals surface area (Å²) in [5.41, 5.74) is 5.93. The highest BCUT2D eigenvalue weighted by Gasteiger charge is 2.46. The van der Waals surface area contributed by atoms with Gasteiger partial charge in [-0.25, -0.2) is 4.79 Å². The summed E-state index contributed by atoms with van der Waals surface area (Å²) in [7, 11) is 1.31. The van der Waals surface area contributed by atoms with Crippen molar-refractivity contribution in [2.45, 2.75) is 36.7 Å². The molecule has 2 fully saturated rings. The van der Waals surface area contributed by atoms with Gasteiger partial charge in [0.25, 0.3) is 0 Å². The van der Waals surface area contributed by atoms with E-state index in [0.29, 0.717) is 6.54 Å². The van der Waals surface area contributed by atoms with E-state index in [2.05, 4.69) is 4.74 Å². The molecular formula is C10H16N2O3S. The number of hydrogen-bond acceptors (Lipinski definition) is 6. The Balaban J connectivity index is 2.18. The maximum atomic E-state index is 11.7. The third kappa shape index (κ3) is 2.09.